The number of pyridine rings is 1. The van der Waals surface area contributed by atoms with Crippen LogP contribution in [-0.4, -0.2) is 21.9 Å². The van der Waals surface area contributed by atoms with Gasteiger partial charge in [-0.15, -0.1) is 0 Å². The third-order valence-electron chi connectivity index (χ3n) is 2.64. The molecule has 94 valence electrons. The number of ether oxygens (including phenoxy) is 1. The average molecular weight is 246 g/mol. The van der Waals surface area contributed by atoms with Crippen molar-refractivity contribution in [2.24, 2.45) is 7.05 Å². The second-order valence-electron chi connectivity index (χ2n) is 3.95. The standard InChI is InChI=1S/C12H14N4O2/c1-7-4-9(15-16(2)12(7)17)8-5-10(18-3)11(13)14-6-8/h4-6H,1-3H3,(H2,13,14). The number of aromatic nitrogens is 3. The molecule has 2 aromatic heterocycles. The molecule has 0 aliphatic carbocycles. The maximum absolute atomic E-state index is 11.6. The molecule has 6 nitrogen and oxygen atoms in total. The molecule has 0 saturated carbocycles. The summed E-state index contributed by atoms with van der Waals surface area (Å²) in [6, 6.07) is 3.46. The van der Waals surface area contributed by atoms with Gasteiger partial charge < -0.3 is 10.5 Å². The van der Waals surface area contributed by atoms with Gasteiger partial charge >= 0.3 is 0 Å². The van der Waals surface area contributed by atoms with E-state index in [1.54, 1.807) is 32.3 Å². The van der Waals surface area contributed by atoms with Crippen molar-refractivity contribution in [2.45, 2.75) is 6.92 Å². The van der Waals surface area contributed by atoms with E-state index in [1.165, 1.54) is 11.8 Å². The van der Waals surface area contributed by atoms with E-state index in [4.69, 9.17) is 10.5 Å². The quantitative estimate of drug-likeness (QED) is 0.845. The van der Waals surface area contributed by atoms with Gasteiger partial charge in [0.05, 0.1) is 12.8 Å². The molecule has 2 aromatic rings. The molecule has 18 heavy (non-hydrogen) atoms. The summed E-state index contributed by atoms with van der Waals surface area (Å²) < 4.78 is 6.41. The molecule has 0 radical (unpaired) electrons. The van der Waals surface area contributed by atoms with Gasteiger partial charge in [-0.2, -0.15) is 5.10 Å². The zero-order chi connectivity index (χ0) is 13.3. The molecule has 0 unspecified atom stereocenters. The minimum absolute atomic E-state index is 0.117. The SMILES string of the molecule is COc1cc(-c2cc(C)c(=O)n(C)n2)cnc1N. The highest BCUT2D eigenvalue weighted by Gasteiger charge is 2.08. The number of nitrogen functional groups attached to an aromatic ring is 1. The minimum Gasteiger partial charge on any atom is -0.493 e. The van der Waals surface area contributed by atoms with Crippen molar-refractivity contribution in [2.75, 3.05) is 12.8 Å². The first-order chi connectivity index (χ1) is 8.52. The van der Waals surface area contributed by atoms with Gasteiger partial charge in [0.25, 0.3) is 5.56 Å². The fourth-order valence-corrected chi connectivity index (χ4v) is 1.66. The number of nitrogens with two attached hydrogens (primary N) is 1. The van der Waals surface area contributed by atoms with Crippen molar-refractivity contribution >= 4 is 5.82 Å². The number of nitrogens with zero attached hydrogens (tertiary/aromatic N) is 3. The van der Waals surface area contributed by atoms with Gasteiger partial charge in [0.15, 0.2) is 11.6 Å². The molecule has 2 rings (SSSR count). The largest absolute Gasteiger partial charge is 0.493 e. The molecule has 0 aromatic carbocycles. The van der Waals surface area contributed by atoms with Crippen LogP contribution in [0.3, 0.4) is 0 Å². The molecule has 0 aliphatic heterocycles. The third-order valence-corrected chi connectivity index (χ3v) is 2.64. The Bertz CT molecular complexity index is 623. The van der Waals surface area contributed by atoms with Crippen molar-refractivity contribution in [3.63, 3.8) is 0 Å². The molecular weight excluding hydrogens is 232 g/mol. The molecule has 0 amide bonds. The second-order valence-corrected chi connectivity index (χ2v) is 3.95. The summed E-state index contributed by atoms with van der Waals surface area (Å²) in [6.45, 7) is 1.75. The number of rotatable bonds is 2. The summed E-state index contributed by atoms with van der Waals surface area (Å²) in [5.74, 6) is 0.809. The van der Waals surface area contributed by atoms with E-state index >= 15 is 0 Å². The van der Waals surface area contributed by atoms with E-state index in [0.717, 1.165) is 5.56 Å². The van der Waals surface area contributed by atoms with Crippen LogP contribution in [0.5, 0.6) is 5.75 Å². The van der Waals surface area contributed by atoms with E-state index in [1.807, 2.05) is 0 Å². The van der Waals surface area contributed by atoms with Gasteiger partial charge in [0.1, 0.15) is 0 Å². The highest BCUT2D eigenvalue weighted by molar-refractivity contribution is 5.63. The first kappa shape index (κ1) is 12.1. The highest BCUT2D eigenvalue weighted by Crippen LogP contribution is 2.25. The van der Waals surface area contributed by atoms with E-state index < -0.39 is 0 Å². The number of anilines is 1. The number of hydrogen-bond donors (Lipinski definition) is 1. The second kappa shape index (κ2) is 4.48. The van der Waals surface area contributed by atoms with E-state index in [9.17, 15) is 4.79 Å². The van der Waals surface area contributed by atoms with Crippen LogP contribution < -0.4 is 16.0 Å². The van der Waals surface area contributed by atoms with Crippen LogP contribution in [0.4, 0.5) is 5.82 Å². The Hall–Kier alpha value is -2.37. The Kier molecular flexibility index (Phi) is 3.01. The summed E-state index contributed by atoms with van der Waals surface area (Å²) in [6.07, 6.45) is 1.60. The molecule has 0 aliphatic rings. The molecule has 0 spiro atoms. The smallest absolute Gasteiger partial charge is 0.269 e. The lowest BCUT2D eigenvalue weighted by Crippen LogP contribution is -2.22. The lowest BCUT2D eigenvalue weighted by molar-refractivity contribution is 0.415. The summed E-state index contributed by atoms with van der Waals surface area (Å²) in [5, 5.41) is 4.18. The predicted molar refractivity (Wildman–Crippen MR) is 68.4 cm³/mol. The fourth-order valence-electron chi connectivity index (χ4n) is 1.66. The van der Waals surface area contributed by atoms with Crippen LogP contribution in [0.1, 0.15) is 5.56 Å². The first-order valence-corrected chi connectivity index (χ1v) is 5.37. The van der Waals surface area contributed by atoms with Crippen molar-refractivity contribution in [3.8, 4) is 17.0 Å². The van der Waals surface area contributed by atoms with Crippen LogP contribution in [0.2, 0.25) is 0 Å². The van der Waals surface area contributed by atoms with Gasteiger partial charge in [0, 0.05) is 24.4 Å². The van der Waals surface area contributed by atoms with Crippen molar-refractivity contribution in [1.29, 1.82) is 0 Å². The Labute approximate surface area is 104 Å². The third kappa shape index (κ3) is 2.04. The van der Waals surface area contributed by atoms with E-state index in [0.29, 0.717) is 22.8 Å². The van der Waals surface area contributed by atoms with Gasteiger partial charge in [-0.25, -0.2) is 9.67 Å². The lowest BCUT2D eigenvalue weighted by atomic mass is 10.1. The van der Waals surface area contributed by atoms with E-state index in [-0.39, 0.29) is 5.56 Å². The Morgan fingerprint density at radius 1 is 1.39 bits per heavy atom. The molecule has 6 heteroatoms. The average Bonchev–Trinajstić information content (AvgIpc) is 2.36. The summed E-state index contributed by atoms with van der Waals surface area (Å²) in [7, 11) is 3.14. The fraction of sp³-hybridized carbons (Fsp3) is 0.250. The minimum atomic E-state index is -0.117. The van der Waals surface area contributed by atoms with Crippen LogP contribution in [0, 0.1) is 6.92 Å². The monoisotopic (exact) mass is 246 g/mol. The summed E-state index contributed by atoms with van der Waals surface area (Å²) in [4.78, 5) is 15.6. The van der Waals surface area contributed by atoms with Gasteiger partial charge in [-0.3, -0.25) is 4.79 Å². The van der Waals surface area contributed by atoms with E-state index in [2.05, 4.69) is 10.1 Å². The van der Waals surface area contributed by atoms with Crippen LogP contribution in [0.15, 0.2) is 23.1 Å². The normalized spacial score (nSPS) is 10.4. The predicted octanol–water partition coefficient (Wildman–Crippen LogP) is 0.742. The zero-order valence-electron chi connectivity index (χ0n) is 10.5. The zero-order valence-corrected chi connectivity index (χ0v) is 10.5. The Morgan fingerprint density at radius 2 is 2.11 bits per heavy atom. The first-order valence-electron chi connectivity index (χ1n) is 5.37. The molecular formula is C12H14N4O2. The molecule has 0 fully saturated rings. The molecule has 0 atom stereocenters. The summed E-state index contributed by atoms with van der Waals surface area (Å²) in [5.41, 5.74) is 7.56. The highest BCUT2D eigenvalue weighted by atomic mass is 16.5. The number of hydrogen-bond acceptors (Lipinski definition) is 5. The molecule has 2 N–H and O–H groups in total. The Morgan fingerprint density at radius 3 is 2.72 bits per heavy atom. The van der Waals surface area contributed by atoms with Crippen molar-refractivity contribution in [3.05, 3.63) is 34.2 Å². The maximum atomic E-state index is 11.6. The van der Waals surface area contributed by atoms with Gasteiger partial charge in [0.2, 0.25) is 0 Å². The van der Waals surface area contributed by atoms with Crippen molar-refractivity contribution in [1.82, 2.24) is 14.8 Å². The Balaban J connectivity index is 2.59. The maximum Gasteiger partial charge on any atom is 0.269 e. The van der Waals surface area contributed by atoms with Crippen LogP contribution >= 0.6 is 0 Å². The van der Waals surface area contributed by atoms with Crippen molar-refractivity contribution < 1.29 is 4.74 Å². The van der Waals surface area contributed by atoms with Gasteiger partial charge in [-0.05, 0) is 19.1 Å². The number of aryl methyl sites for hydroxylation is 2. The molecule has 2 heterocycles. The topological polar surface area (TPSA) is 83.0 Å². The lowest BCUT2D eigenvalue weighted by Gasteiger charge is -2.07. The molecule has 0 bridgehead atoms. The van der Waals surface area contributed by atoms with Gasteiger partial charge in [-0.1, -0.05) is 0 Å². The van der Waals surface area contributed by atoms with Crippen LogP contribution in [-0.2, 0) is 7.05 Å². The van der Waals surface area contributed by atoms with Crippen LogP contribution in [0.25, 0.3) is 11.3 Å². The number of methoxy groups -OCH3 is 1. The summed E-state index contributed by atoms with van der Waals surface area (Å²) >= 11 is 0. The molecule has 0 saturated heterocycles.